The molecule has 0 unspecified atom stereocenters. The number of nitrogens with two attached hydrogens (primary N) is 1. The molecular weight excluding hydrogens is 218 g/mol. The quantitative estimate of drug-likeness (QED) is 0.785. The molecule has 0 aromatic heterocycles. The van der Waals surface area contributed by atoms with Crippen LogP contribution >= 0.6 is 0 Å². The Morgan fingerprint density at radius 2 is 1.82 bits per heavy atom. The van der Waals surface area contributed by atoms with Gasteiger partial charge in [-0.25, -0.2) is 4.79 Å². The van der Waals surface area contributed by atoms with Crippen molar-refractivity contribution in [3.05, 3.63) is 0 Å². The number of rotatable bonds is 2. The first-order valence-corrected chi connectivity index (χ1v) is 6.44. The first kappa shape index (κ1) is 16.2. The van der Waals surface area contributed by atoms with Gasteiger partial charge in [0.1, 0.15) is 5.60 Å². The number of hydrogen-bond acceptors (Lipinski definition) is 3. The number of amides is 1. The fourth-order valence-electron chi connectivity index (χ4n) is 1.96. The highest BCUT2D eigenvalue weighted by atomic mass is 16.6. The maximum Gasteiger partial charge on any atom is 0.405 e. The van der Waals surface area contributed by atoms with Crippen LogP contribution in [0.15, 0.2) is 0 Å². The molecular formula is C13H27NO3. The van der Waals surface area contributed by atoms with E-state index in [1.165, 1.54) is 32.1 Å². The van der Waals surface area contributed by atoms with E-state index in [1.807, 2.05) is 0 Å². The number of aliphatic hydroxyl groups is 1. The summed E-state index contributed by atoms with van der Waals surface area (Å²) >= 11 is 0. The molecule has 3 N–H and O–H groups in total. The SMILES string of the molecule is CC(C)(C)OC(N)=O.OCCC1CCCCC1. The van der Waals surface area contributed by atoms with Gasteiger partial charge in [0.2, 0.25) is 0 Å². The fourth-order valence-corrected chi connectivity index (χ4v) is 1.96. The van der Waals surface area contributed by atoms with Crippen molar-refractivity contribution in [1.29, 1.82) is 0 Å². The van der Waals surface area contributed by atoms with Crippen LogP contribution < -0.4 is 5.73 Å². The van der Waals surface area contributed by atoms with Gasteiger partial charge in [-0.1, -0.05) is 32.1 Å². The van der Waals surface area contributed by atoms with Gasteiger partial charge in [-0.15, -0.1) is 0 Å². The third kappa shape index (κ3) is 11.5. The van der Waals surface area contributed by atoms with Crippen LogP contribution in [0, 0.1) is 5.92 Å². The monoisotopic (exact) mass is 245 g/mol. The van der Waals surface area contributed by atoms with E-state index in [1.54, 1.807) is 20.8 Å². The molecule has 0 aliphatic heterocycles. The molecule has 1 fully saturated rings. The van der Waals surface area contributed by atoms with Crippen molar-refractivity contribution in [1.82, 2.24) is 0 Å². The van der Waals surface area contributed by atoms with E-state index >= 15 is 0 Å². The van der Waals surface area contributed by atoms with Crippen LogP contribution in [0.5, 0.6) is 0 Å². The molecule has 0 saturated heterocycles. The minimum absolute atomic E-state index is 0.394. The summed E-state index contributed by atoms with van der Waals surface area (Å²) in [5, 5.41) is 8.62. The predicted octanol–water partition coefficient (Wildman–Crippen LogP) is 2.83. The van der Waals surface area contributed by atoms with E-state index in [0.29, 0.717) is 6.61 Å². The second kappa shape index (κ2) is 8.34. The van der Waals surface area contributed by atoms with Crippen LogP contribution in [0.25, 0.3) is 0 Å². The topological polar surface area (TPSA) is 72.5 Å². The fraction of sp³-hybridized carbons (Fsp3) is 0.923. The Kier molecular flexibility index (Phi) is 7.96. The summed E-state index contributed by atoms with van der Waals surface area (Å²) < 4.78 is 4.58. The van der Waals surface area contributed by atoms with Gasteiger partial charge in [-0.2, -0.15) is 0 Å². The molecule has 0 bridgehead atoms. The highest BCUT2D eigenvalue weighted by Crippen LogP contribution is 2.25. The Balaban J connectivity index is 0.000000304. The summed E-state index contributed by atoms with van der Waals surface area (Å²) in [6.07, 6.45) is 7.25. The van der Waals surface area contributed by atoms with Crippen molar-refractivity contribution in [2.75, 3.05) is 6.61 Å². The normalized spacial score (nSPS) is 16.9. The smallest absolute Gasteiger partial charge is 0.405 e. The minimum atomic E-state index is -0.725. The molecule has 1 amide bonds. The Morgan fingerprint density at radius 3 is 2.12 bits per heavy atom. The largest absolute Gasteiger partial charge is 0.444 e. The molecule has 1 saturated carbocycles. The Labute approximate surface area is 105 Å². The van der Waals surface area contributed by atoms with E-state index in [-0.39, 0.29) is 0 Å². The van der Waals surface area contributed by atoms with Crippen molar-refractivity contribution in [3.63, 3.8) is 0 Å². The lowest BCUT2D eigenvalue weighted by Crippen LogP contribution is -2.27. The summed E-state index contributed by atoms with van der Waals surface area (Å²) in [5.74, 6) is 0.851. The summed E-state index contributed by atoms with van der Waals surface area (Å²) in [6, 6.07) is 0. The van der Waals surface area contributed by atoms with Crippen LogP contribution in [-0.4, -0.2) is 23.4 Å². The maximum absolute atomic E-state index is 10.0. The van der Waals surface area contributed by atoms with Gasteiger partial charge < -0.3 is 15.6 Å². The Hall–Kier alpha value is -0.770. The van der Waals surface area contributed by atoms with Crippen molar-refractivity contribution in [3.8, 4) is 0 Å². The van der Waals surface area contributed by atoms with E-state index < -0.39 is 11.7 Å². The highest BCUT2D eigenvalue weighted by molar-refractivity contribution is 5.65. The third-order valence-corrected chi connectivity index (χ3v) is 2.67. The molecule has 1 aliphatic carbocycles. The predicted molar refractivity (Wildman–Crippen MR) is 68.7 cm³/mol. The van der Waals surface area contributed by atoms with Crippen molar-refractivity contribution in [2.45, 2.75) is 64.9 Å². The number of carbonyl (C=O) groups is 1. The number of primary amides is 1. The van der Waals surface area contributed by atoms with Crippen LogP contribution in [0.2, 0.25) is 0 Å². The van der Waals surface area contributed by atoms with Crippen LogP contribution in [0.3, 0.4) is 0 Å². The first-order valence-electron chi connectivity index (χ1n) is 6.44. The molecule has 4 nitrogen and oxygen atoms in total. The first-order chi connectivity index (χ1) is 7.85. The maximum atomic E-state index is 10.0. The summed E-state index contributed by atoms with van der Waals surface area (Å²) in [4.78, 5) is 10.0. The minimum Gasteiger partial charge on any atom is -0.444 e. The van der Waals surface area contributed by atoms with E-state index in [2.05, 4.69) is 4.74 Å². The summed E-state index contributed by atoms with van der Waals surface area (Å²) in [5.41, 5.74) is 4.26. The zero-order valence-electron chi connectivity index (χ0n) is 11.4. The van der Waals surface area contributed by atoms with Crippen molar-refractivity contribution >= 4 is 6.09 Å². The number of hydrogen-bond donors (Lipinski definition) is 2. The van der Waals surface area contributed by atoms with Crippen molar-refractivity contribution in [2.24, 2.45) is 11.7 Å². The third-order valence-electron chi connectivity index (χ3n) is 2.67. The van der Waals surface area contributed by atoms with Crippen LogP contribution in [-0.2, 0) is 4.74 Å². The van der Waals surface area contributed by atoms with E-state index in [4.69, 9.17) is 10.8 Å². The van der Waals surface area contributed by atoms with E-state index in [0.717, 1.165) is 12.3 Å². The number of aliphatic hydroxyl groups excluding tert-OH is 1. The van der Waals surface area contributed by atoms with Gasteiger partial charge in [0.05, 0.1) is 0 Å². The molecule has 0 atom stereocenters. The van der Waals surface area contributed by atoms with Gasteiger partial charge >= 0.3 is 6.09 Å². The lowest BCUT2D eigenvalue weighted by atomic mass is 9.87. The molecule has 1 rings (SSSR count). The van der Waals surface area contributed by atoms with Gasteiger partial charge in [0.15, 0.2) is 0 Å². The summed E-state index contributed by atoms with van der Waals surface area (Å²) in [6.45, 7) is 5.68. The molecule has 0 aromatic carbocycles. The standard InChI is InChI=1S/C8H16O.C5H11NO2/c9-7-6-8-4-2-1-3-5-8;1-5(2,3)8-4(6)7/h8-9H,1-7H2;1-3H3,(H2,6,7). The molecule has 1 aliphatic rings. The van der Waals surface area contributed by atoms with Gasteiger partial charge in [0.25, 0.3) is 0 Å². The number of ether oxygens (including phenoxy) is 1. The average Bonchev–Trinajstić information content (AvgIpc) is 2.16. The Bertz CT molecular complexity index is 202. The lowest BCUT2D eigenvalue weighted by Gasteiger charge is -2.19. The van der Waals surface area contributed by atoms with Crippen LogP contribution in [0.4, 0.5) is 4.79 Å². The van der Waals surface area contributed by atoms with E-state index in [9.17, 15) is 4.79 Å². The highest BCUT2D eigenvalue weighted by Gasteiger charge is 2.12. The number of carbonyl (C=O) groups excluding carboxylic acids is 1. The van der Waals surface area contributed by atoms with Gasteiger partial charge in [-0.05, 0) is 33.1 Å². The second-order valence-corrected chi connectivity index (χ2v) is 5.55. The molecule has 0 heterocycles. The molecule has 0 spiro atoms. The van der Waals surface area contributed by atoms with Crippen molar-refractivity contribution < 1.29 is 14.6 Å². The molecule has 0 aromatic rings. The second-order valence-electron chi connectivity index (χ2n) is 5.55. The zero-order chi connectivity index (χ0) is 13.3. The van der Waals surface area contributed by atoms with Gasteiger partial charge in [0, 0.05) is 6.61 Å². The summed E-state index contributed by atoms with van der Waals surface area (Å²) in [7, 11) is 0. The zero-order valence-corrected chi connectivity index (χ0v) is 11.4. The molecule has 102 valence electrons. The van der Waals surface area contributed by atoms with Crippen LogP contribution in [0.1, 0.15) is 59.3 Å². The lowest BCUT2D eigenvalue weighted by molar-refractivity contribution is 0.0600. The molecule has 4 heteroatoms. The molecule has 17 heavy (non-hydrogen) atoms. The Morgan fingerprint density at radius 1 is 1.29 bits per heavy atom. The molecule has 0 radical (unpaired) electrons. The average molecular weight is 245 g/mol. The van der Waals surface area contributed by atoms with Gasteiger partial charge in [-0.3, -0.25) is 0 Å².